The van der Waals surface area contributed by atoms with Crippen LogP contribution in [-0.2, 0) is 21.4 Å². The first-order chi connectivity index (χ1) is 13.2. The van der Waals surface area contributed by atoms with Crippen molar-refractivity contribution in [1.29, 1.82) is 5.26 Å². The van der Waals surface area contributed by atoms with Gasteiger partial charge in [-0.25, -0.2) is 8.42 Å². The fourth-order valence-corrected chi connectivity index (χ4v) is 4.25. The molecule has 0 saturated carbocycles. The van der Waals surface area contributed by atoms with Crippen LogP contribution in [0.15, 0.2) is 50.7 Å². The largest absolute Gasteiger partial charge is 0.506 e. The quantitative estimate of drug-likeness (QED) is 0.554. The zero-order chi connectivity index (χ0) is 22.2. The number of halogens is 4. The number of hydrogen-bond donors (Lipinski definition) is 1. The van der Waals surface area contributed by atoms with E-state index in [1.807, 2.05) is 20.8 Å². The Morgan fingerprint density at radius 1 is 1.17 bits per heavy atom. The first-order valence-corrected chi connectivity index (χ1v) is 10.5. The van der Waals surface area contributed by atoms with Crippen molar-refractivity contribution in [2.24, 2.45) is 0 Å². The summed E-state index contributed by atoms with van der Waals surface area (Å²) in [6, 6.07) is 7.72. The van der Waals surface area contributed by atoms with Crippen LogP contribution in [0.2, 0.25) is 0 Å². The zero-order valence-electron chi connectivity index (χ0n) is 15.7. The maximum Gasteiger partial charge on any atom is 0.416 e. The van der Waals surface area contributed by atoms with Crippen LogP contribution in [0.4, 0.5) is 13.2 Å². The van der Waals surface area contributed by atoms with Gasteiger partial charge in [0.2, 0.25) is 9.84 Å². The Bertz CT molecular complexity index is 1130. The Kier molecular flexibility index (Phi) is 6.21. The minimum atomic E-state index is -4.72. The molecule has 0 spiro atoms. The molecule has 1 N–H and O–H groups in total. The molecule has 0 radical (unpaired) electrons. The Hall–Kier alpha value is -2.31. The highest BCUT2D eigenvalue weighted by molar-refractivity contribution is 9.10. The summed E-state index contributed by atoms with van der Waals surface area (Å²) in [5.41, 5.74) is -0.805. The highest BCUT2D eigenvalue weighted by atomic mass is 79.9. The molecule has 0 saturated heterocycles. The molecule has 0 aliphatic carbocycles. The van der Waals surface area contributed by atoms with E-state index < -0.39 is 36.8 Å². The van der Waals surface area contributed by atoms with E-state index >= 15 is 0 Å². The van der Waals surface area contributed by atoms with E-state index in [1.165, 1.54) is 12.1 Å². The molecular formula is C20H17BrF3NO3S. The van der Waals surface area contributed by atoms with Gasteiger partial charge in [0.15, 0.2) is 0 Å². The van der Waals surface area contributed by atoms with Crippen molar-refractivity contribution in [2.75, 3.05) is 0 Å². The van der Waals surface area contributed by atoms with Crippen LogP contribution in [0.25, 0.3) is 6.08 Å². The highest BCUT2D eigenvalue weighted by Gasteiger charge is 2.32. The molecule has 2 rings (SSSR count). The lowest BCUT2D eigenvalue weighted by molar-refractivity contribution is -0.137. The second-order valence-corrected chi connectivity index (χ2v) is 10.1. The van der Waals surface area contributed by atoms with Crippen molar-refractivity contribution < 1.29 is 26.7 Å². The summed E-state index contributed by atoms with van der Waals surface area (Å²) in [6.07, 6.45) is -3.65. The summed E-state index contributed by atoms with van der Waals surface area (Å²) in [5, 5.41) is 19.6. The maximum absolute atomic E-state index is 12.9. The Morgan fingerprint density at radius 2 is 1.79 bits per heavy atom. The summed E-state index contributed by atoms with van der Waals surface area (Å²) in [7, 11) is -4.48. The van der Waals surface area contributed by atoms with Crippen LogP contribution in [0.3, 0.4) is 0 Å². The summed E-state index contributed by atoms with van der Waals surface area (Å²) in [5.74, 6) is -0.0195. The van der Waals surface area contributed by atoms with Gasteiger partial charge in [0.1, 0.15) is 16.7 Å². The Labute approximate surface area is 175 Å². The van der Waals surface area contributed by atoms with Crippen molar-refractivity contribution in [2.45, 2.75) is 37.3 Å². The van der Waals surface area contributed by atoms with Crippen LogP contribution >= 0.6 is 15.9 Å². The van der Waals surface area contributed by atoms with Gasteiger partial charge in [-0.05, 0) is 63.3 Å². The standard InChI is InChI=1S/C20H17BrF3NO3S/c1-19(2,3)16-8-12(9-17(21)18(16)26)7-15(11-25)29(27,28)14-6-4-5-13(10-14)20(22,23)24/h4-10,26H,1-3H3/b15-7-. The van der Waals surface area contributed by atoms with Gasteiger partial charge >= 0.3 is 6.18 Å². The first kappa shape index (κ1) is 23.0. The van der Waals surface area contributed by atoms with Gasteiger partial charge < -0.3 is 5.11 Å². The van der Waals surface area contributed by atoms with Crippen LogP contribution < -0.4 is 0 Å². The van der Waals surface area contributed by atoms with Crippen molar-refractivity contribution in [3.8, 4) is 11.8 Å². The fraction of sp³-hybridized carbons (Fsp3) is 0.250. The predicted molar refractivity (Wildman–Crippen MR) is 107 cm³/mol. The van der Waals surface area contributed by atoms with E-state index in [9.17, 15) is 32.0 Å². The smallest absolute Gasteiger partial charge is 0.416 e. The van der Waals surface area contributed by atoms with E-state index in [4.69, 9.17) is 0 Å². The number of hydrogen-bond acceptors (Lipinski definition) is 4. The highest BCUT2D eigenvalue weighted by Crippen LogP contribution is 2.38. The molecule has 154 valence electrons. The molecule has 0 heterocycles. The van der Waals surface area contributed by atoms with E-state index in [0.29, 0.717) is 21.7 Å². The van der Waals surface area contributed by atoms with Crippen molar-refractivity contribution in [3.05, 3.63) is 62.5 Å². The molecule has 0 aliphatic heterocycles. The molecule has 0 unspecified atom stereocenters. The molecule has 0 fully saturated rings. The van der Waals surface area contributed by atoms with Crippen LogP contribution in [0.5, 0.6) is 5.75 Å². The third kappa shape index (κ3) is 5.00. The zero-order valence-corrected chi connectivity index (χ0v) is 18.1. The summed E-state index contributed by atoms with van der Waals surface area (Å²) in [4.78, 5) is -1.34. The number of rotatable bonds is 3. The monoisotopic (exact) mass is 487 g/mol. The number of benzene rings is 2. The number of nitriles is 1. The first-order valence-electron chi connectivity index (χ1n) is 8.25. The number of allylic oxidation sites excluding steroid dienone is 1. The van der Waals surface area contributed by atoms with Crippen LogP contribution in [0.1, 0.15) is 37.5 Å². The lowest BCUT2D eigenvalue weighted by Crippen LogP contribution is -2.12. The molecule has 0 aromatic heterocycles. The minimum absolute atomic E-state index is 0.0195. The number of phenolic OH excluding ortho intramolecular Hbond substituents is 1. The number of aromatic hydroxyl groups is 1. The molecule has 0 aliphatic rings. The summed E-state index contributed by atoms with van der Waals surface area (Å²) in [6.45, 7) is 5.52. The molecule has 29 heavy (non-hydrogen) atoms. The average molecular weight is 488 g/mol. The normalized spacial score (nSPS) is 13.2. The second kappa shape index (κ2) is 7.84. The SMILES string of the molecule is CC(C)(C)c1cc(/C=C(/C#N)S(=O)(=O)c2cccc(C(F)(F)F)c2)cc(Br)c1O. The van der Waals surface area contributed by atoms with Gasteiger partial charge in [0.25, 0.3) is 0 Å². The lowest BCUT2D eigenvalue weighted by Gasteiger charge is -2.21. The average Bonchev–Trinajstić information content (AvgIpc) is 2.60. The number of alkyl halides is 3. The van der Waals surface area contributed by atoms with E-state index in [1.54, 1.807) is 6.07 Å². The van der Waals surface area contributed by atoms with E-state index in [-0.39, 0.29) is 5.75 Å². The van der Waals surface area contributed by atoms with Gasteiger partial charge in [-0.2, -0.15) is 18.4 Å². The van der Waals surface area contributed by atoms with Crippen LogP contribution in [-0.4, -0.2) is 13.5 Å². The predicted octanol–water partition coefficient (Wildman–Crippen LogP) is 5.81. The molecule has 4 nitrogen and oxygen atoms in total. The molecule has 9 heteroatoms. The molecule has 2 aromatic carbocycles. The van der Waals surface area contributed by atoms with Crippen molar-refractivity contribution in [1.82, 2.24) is 0 Å². The topological polar surface area (TPSA) is 78.2 Å². The molecular weight excluding hydrogens is 471 g/mol. The maximum atomic E-state index is 12.9. The Morgan fingerprint density at radius 3 is 2.31 bits per heavy atom. The molecule has 2 aromatic rings. The molecule has 0 atom stereocenters. The van der Waals surface area contributed by atoms with E-state index in [2.05, 4.69) is 15.9 Å². The summed E-state index contributed by atoms with van der Waals surface area (Å²) < 4.78 is 64.6. The molecule has 0 amide bonds. The third-order valence-electron chi connectivity index (χ3n) is 4.06. The second-order valence-electron chi connectivity index (χ2n) is 7.30. The van der Waals surface area contributed by atoms with Gasteiger partial charge in [0, 0.05) is 5.56 Å². The summed E-state index contributed by atoms with van der Waals surface area (Å²) >= 11 is 3.19. The lowest BCUT2D eigenvalue weighted by atomic mass is 9.85. The van der Waals surface area contributed by atoms with Gasteiger partial charge in [0.05, 0.1) is 14.9 Å². The fourth-order valence-electron chi connectivity index (χ4n) is 2.56. The van der Waals surface area contributed by atoms with Crippen LogP contribution in [0, 0.1) is 11.3 Å². The number of phenols is 1. The van der Waals surface area contributed by atoms with Gasteiger partial charge in [-0.15, -0.1) is 0 Å². The van der Waals surface area contributed by atoms with Gasteiger partial charge in [-0.1, -0.05) is 26.8 Å². The van der Waals surface area contributed by atoms with Gasteiger partial charge in [-0.3, -0.25) is 0 Å². The number of sulfone groups is 1. The third-order valence-corrected chi connectivity index (χ3v) is 6.33. The Balaban J connectivity index is 2.64. The molecule has 0 bridgehead atoms. The number of nitrogens with zero attached hydrogens (tertiary/aromatic N) is 1. The van der Waals surface area contributed by atoms with Crippen molar-refractivity contribution >= 4 is 31.8 Å². The van der Waals surface area contributed by atoms with E-state index in [0.717, 1.165) is 24.3 Å². The minimum Gasteiger partial charge on any atom is -0.506 e. The van der Waals surface area contributed by atoms with Crippen molar-refractivity contribution in [3.63, 3.8) is 0 Å².